The smallest absolute Gasteiger partial charge is 0.0165 e. The summed E-state index contributed by atoms with van der Waals surface area (Å²) >= 11 is 0. The van der Waals surface area contributed by atoms with Crippen molar-refractivity contribution in [3.05, 3.63) is 83.9 Å². The van der Waals surface area contributed by atoms with Crippen molar-refractivity contribution >= 4 is 0 Å². The molecule has 0 unspecified atom stereocenters. The predicted octanol–water partition coefficient (Wildman–Crippen LogP) is 5.46. The summed E-state index contributed by atoms with van der Waals surface area (Å²) in [6.07, 6.45) is 0. The van der Waals surface area contributed by atoms with Gasteiger partial charge in [0.05, 0.1) is 0 Å². The minimum Gasteiger partial charge on any atom is -0.0619 e. The molecule has 0 saturated carbocycles. The van der Waals surface area contributed by atoms with E-state index in [0.29, 0.717) is 0 Å². The molecule has 4 rings (SSSR count). The Labute approximate surface area is 126 Å². The Hall–Kier alpha value is -2.34. The second-order valence-electron chi connectivity index (χ2n) is 6.19. The Bertz CT molecular complexity index is 810. The van der Waals surface area contributed by atoms with E-state index in [4.69, 9.17) is 0 Å². The van der Waals surface area contributed by atoms with Crippen LogP contribution in [0.15, 0.2) is 66.7 Å². The van der Waals surface area contributed by atoms with E-state index in [-0.39, 0.29) is 5.41 Å². The molecule has 0 spiro atoms. The summed E-state index contributed by atoms with van der Waals surface area (Å²) < 4.78 is 0. The largest absolute Gasteiger partial charge is 0.0619 e. The first-order valence-corrected chi connectivity index (χ1v) is 7.39. The first kappa shape index (κ1) is 12.4. The van der Waals surface area contributed by atoms with Gasteiger partial charge in [-0.15, -0.1) is 0 Å². The van der Waals surface area contributed by atoms with Gasteiger partial charge in [0.15, 0.2) is 0 Å². The molecule has 101 valence electrons. The molecule has 21 heavy (non-hydrogen) atoms. The van der Waals surface area contributed by atoms with Crippen molar-refractivity contribution < 1.29 is 0 Å². The minimum atomic E-state index is 0.0437. The molecule has 0 nitrogen and oxygen atoms in total. The second-order valence-corrected chi connectivity index (χ2v) is 6.19. The molecule has 0 N–H and O–H groups in total. The van der Waals surface area contributed by atoms with Crippen LogP contribution in [0.4, 0.5) is 0 Å². The fourth-order valence-corrected chi connectivity index (χ4v) is 3.65. The molecule has 1 aliphatic carbocycles. The van der Waals surface area contributed by atoms with E-state index in [1.807, 2.05) is 12.1 Å². The molecule has 0 amide bonds. The Morgan fingerprint density at radius 1 is 0.714 bits per heavy atom. The van der Waals surface area contributed by atoms with Crippen LogP contribution < -0.4 is 0 Å². The summed E-state index contributed by atoms with van der Waals surface area (Å²) in [5, 5.41) is 0. The molecule has 1 radical (unpaired) electrons. The van der Waals surface area contributed by atoms with Gasteiger partial charge in [-0.1, -0.05) is 80.6 Å². The molecule has 0 heterocycles. The minimum absolute atomic E-state index is 0.0437. The molecule has 0 saturated heterocycles. The van der Waals surface area contributed by atoms with E-state index in [1.165, 1.54) is 33.4 Å². The van der Waals surface area contributed by atoms with Crippen LogP contribution in [0.25, 0.3) is 22.3 Å². The molecule has 0 heteroatoms. The van der Waals surface area contributed by atoms with E-state index in [2.05, 4.69) is 74.5 Å². The van der Waals surface area contributed by atoms with Crippen LogP contribution in [0, 0.1) is 6.07 Å². The zero-order valence-corrected chi connectivity index (χ0v) is 12.4. The van der Waals surface area contributed by atoms with Crippen LogP contribution in [0.3, 0.4) is 0 Å². The van der Waals surface area contributed by atoms with Crippen molar-refractivity contribution in [2.75, 3.05) is 0 Å². The molecule has 0 bridgehead atoms. The summed E-state index contributed by atoms with van der Waals surface area (Å²) in [7, 11) is 0. The summed E-state index contributed by atoms with van der Waals surface area (Å²) in [6.45, 7) is 4.66. The highest BCUT2D eigenvalue weighted by atomic mass is 14.4. The van der Waals surface area contributed by atoms with Gasteiger partial charge >= 0.3 is 0 Å². The fraction of sp³-hybridized carbons (Fsp3) is 0.143. The van der Waals surface area contributed by atoms with Crippen molar-refractivity contribution in [3.63, 3.8) is 0 Å². The molecular weight excluding hydrogens is 252 g/mol. The topological polar surface area (TPSA) is 0 Å². The molecular formula is C21H17. The van der Waals surface area contributed by atoms with Crippen LogP contribution in [-0.2, 0) is 5.41 Å². The van der Waals surface area contributed by atoms with Gasteiger partial charge in [-0.25, -0.2) is 0 Å². The monoisotopic (exact) mass is 269 g/mol. The lowest BCUT2D eigenvalue weighted by atomic mass is 9.79. The standard InChI is InChI=1S/C21H17/c1-21(2)19-14-7-6-11-17(19)18-13-8-12-16(20(18)21)15-9-4-3-5-10-15/h4-14H,1-2H3. The number of fused-ring (bicyclic) bond motifs is 3. The summed E-state index contributed by atoms with van der Waals surface area (Å²) in [5.41, 5.74) is 8.27. The zero-order valence-electron chi connectivity index (χ0n) is 12.4. The molecule has 0 aliphatic heterocycles. The van der Waals surface area contributed by atoms with Gasteiger partial charge in [-0.2, -0.15) is 0 Å². The predicted molar refractivity (Wildman–Crippen MR) is 88.3 cm³/mol. The maximum Gasteiger partial charge on any atom is 0.0165 e. The van der Waals surface area contributed by atoms with Crippen molar-refractivity contribution in [1.29, 1.82) is 0 Å². The Morgan fingerprint density at radius 3 is 2.19 bits per heavy atom. The van der Waals surface area contributed by atoms with Gasteiger partial charge in [0.25, 0.3) is 0 Å². The third kappa shape index (κ3) is 1.69. The summed E-state index contributed by atoms with van der Waals surface area (Å²) in [4.78, 5) is 0. The van der Waals surface area contributed by atoms with E-state index in [1.54, 1.807) is 0 Å². The van der Waals surface area contributed by atoms with E-state index >= 15 is 0 Å². The van der Waals surface area contributed by atoms with Crippen LogP contribution in [0.5, 0.6) is 0 Å². The van der Waals surface area contributed by atoms with Crippen molar-refractivity contribution in [2.24, 2.45) is 0 Å². The average Bonchev–Trinajstić information content (AvgIpc) is 2.77. The summed E-state index contributed by atoms with van der Waals surface area (Å²) in [6, 6.07) is 26.8. The highest BCUT2D eigenvalue weighted by Crippen LogP contribution is 2.51. The number of benzene rings is 3. The Balaban J connectivity index is 2.06. The van der Waals surface area contributed by atoms with Crippen LogP contribution >= 0.6 is 0 Å². The van der Waals surface area contributed by atoms with Crippen molar-refractivity contribution in [2.45, 2.75) is 19.3 Å². The molecule has 3 aromatic carbocycles. The Morgan fingerprint density at radius 2 is 1.38 bits per heavy atom. The quantitative estimate of drug-likeness (QED) is 0.550. The Kier molecular flexibility index (Phi) is 2.56. The average molecular weight is 269 g/mol. The van der Waals surface area contributed by atoms with Gasteiger partial charge in [-0.05, 0) is 39.4 Å². The number of rotatable bonds is 1. The van der Waals surface area contributed by atoms with Crippen LogP contribution in [0.1, 0.15) is 25.0 Å². The molecule has 0 fully saturated rings. The highest BCUT2D eigenvalue weighted by Gasteiger charge is 2.36. The third-order valence-corrected chi connectivity index (χ3v) is 4.61. The van der Waals surface area contributed by atoms with Gasteiger partial charge in [0.2, 0.25) is 0 Å². The van der Waals surface area contributed by atoms with Gasteiger partial charge in [0, 0.05) is 5.41 Å². The lowest BCUT2D eigenvalue weighted by Gasteiger charge is -2.24. The SMILES string of the molecule is CC1(C)c2ccccc2-c2cccc(-c3cc[c]cc3)c21. The zero-order chi connectivity index (χ0) is 14.4. The van der Waals surface area contributed by atoms with Crippen LogP contribution in [-0.4, -0.2) is 0 Å². The fourth-order valence-electron chi connectivity index (χ4n) is 3.65. The third-order valence-electron chi connectivity index (χ3n) is 4.61. The first-order valence-electron chi connectivity index (χ1n) is 7.39. The van der Waals surface area contributed by atoms with Crippen LogP contribution in [0.2, 0.25) is 0 Å². The maximum absolute atomic E-state index is 3.11. The van der Waals surface area contributed by atoms with Crippen molar-refractivity contribution in [3.8, 4) is 22.3 Å². The molecule has 0 atom stereocenters. The molecule has 0 aromatic heterocycles. The second kappa shape index (κ2) is 4.33. The van der Waals surface area contributed by atoms with E-state index in [9.17, 15) is 0 Å². The lowest BCUT2D eigenvalue weighted by Crippen LogP contribution is -2.16. The van der Waals surface area contributed by atoms with Gasteiger partial charge < -0.3 is 0 Å². The van der Waals surface area contributed by atoms with E-state index < -0.39 is 0 Å². The highest BCUT2D eigenvalue weighted by molar-refractivity contribution is 5.87. The van der Waals surface area contributed by atoms with Crippen molar-refractivity contribution in [1.82, 2.24) is 0 Å². The number of hydrogen-bond acceptors (Lipinski definition) is 0. The maximum atomic E-state index is 3.11. The molecule has 3 aromatic rings. The lowest BCUT2D eigenvalue weighted by molar-refractivity contribution is 0.662. The summed E-state index contributed by atoms with van der Waals surface area (Å²) in [5.74, 6) is 0. The van der Waals surface area contributed by atoms with E-state index in [0.717, 1.165) is 0 Å². The van der Waals surface area contributed by atoms with Gasteiger partial charge in [0.1, 0.15) is 0 Å². The first-order chi connectivity index (χ1) is 10.2. The van der Waals surface area contributed by atoms with Gasteiger partial charge in [-0.3, -0.25) is 0 Å². The molecule has 1 aliphatic rings. The number of hydrogen-bond donors (Lipinski definition) is 0. The normalized spacial score (nSPS) is 14.6.